The third-order valence-corrected chi connectivity index (χ3v) is 3.71. The smallest absolute Gasteiger partial charge is 0.338 e. The van der Waals surface area contributed by atoms with E-state index < -0.39 is 11.8 Å². The van der Waals surface area contributed by atoms with Gasteiger partial charge in [0, 0.05) is 18.8 Å². The molecule has 4 heteroatoms. The molecule has 1 aliphatic carbocycles. The summed E-state index contributed by atoms with van der Waals surface area (Å²) in [5, 5.41) is 8.92. The van der Waals surface area contributed by atoms with Gasteiger partial charge in [-0.25, -0.2) is 9.18 Å². The van der Waals surface area contributed by atoms with Crippen LogP contribution in [0, 0.1) is 5.82 Å². The molecular weight excluding hydrogens is 233 g/mol. The lowest BCUT2D eigenvalue weighted by Crippen LogP contribution is -2.33. The number of hydrogen-bond acceptors (Lipinski definition) is 2. The van der Waals surface area contributed by atoms with E-state index in [0.29, 0.717) is 6.04 Å². The molecule has 2 rings (SSSR count). The van der Waals surface area contributed by atoms with Crippen LogP contribution in [0.2, 0.25) is 0 Å². The lowest BCUT2D eigenvalue weighted by molar-refractivity contribution is 0.0692. The highest BCUT2D eigenvalue weighted by Gasteiger charge is 2.20. The van der Waals surface area contributed by atoms with Crippen molar-refractivity contribution in [1.29, 1.82) is 0 Å². The van der Waals surface area contributed by atoms with Gasteiger partial charge in [0.1, 0.15) is 5.82 Å². The number of carboxylic acid groups (broad SMARTS) is 1. The fourth-order valence-corrected chi connectivity index (χ4v) is 2.58. The van der Waals surface area contributed by atoms with E-state index >= 15 is 0 Å². The summed E-state index contributed by atoms with van der Waals surface area (Å²) in [6, 6.07) is 4.74. The Morgan fingerprint density at radius 2 is 2.00 bits per heavy atom. The summed E-state index contributed by atoms with van der Waals surface area (Å²) in [5.74, 6) is -1.89. The van der Waals surface area contributed by atoms with E-state index in [-0.39, 0.29) is 5.56 Å². The van der Waals surface area contributed by atoms with E-state index in [1.54, 1.807) is 6.07 Å². The second kappa shape index (κ2) is 5.38. The normalized spacial score (nSPS) is 16.6. The van der Waals surface area contributed by atoms with E-state index in [1.165, 1.54) is 31.4 Å². The van der Waals surface area contributed by atoms with E-state index in [9.17, 15) is 9.18 Å². The Morgan fingerprint density at radius 1 is 1.33 bits per heavy atom. The number of anilines is 1. The highest BCUT2D eigenvalue weighted by atomic mass is 19.1. The van der Waals surface area contributed by atoms with Gasteiger partial charge in [0.25, 0.3) is 0 Å². The highest BCUT2D eigenvalue weighted by molar-refractivity contribution is 5.89. The number of aromatic carboxylic acids is 1. The van der Waals surface area contributed by atoms with Gasteiger partial charge in [-0.3, -0.25) is 0 Å². The van der Waals surface area contributed by atoms with Crippen molar-refractivity contribution in [3.8, 4) is 0 Å². The number of halogens is 1. The second-order valence-electron chi connectivity index (χ2n) is 4.87. The second-order valence-corrected chi connectivity index (χ2v) is 4.87. The Morgan fingerprint density at radius 3 is 2.61 bits per heavy atom. The summed E-state index contributed by atoms with van der Waals surface area (Å²) in [4.78, 5) is 13.0. The molecule has 1 aromatic carbocycles. The van der Waals surface area contributed by atoms with Crippen LogP contribution >= 0.6 is 0 Å². The number of carboxylic acids is 1. The molecule has 0 saturated heterocycles. The van der Waals surface area contributed by atoms with Crippen LogP contribution in [0.3, 0.4) is 0 Å². The first kappa shape index (κ1) is 12.9. The maximum atomic E-state index is 13.3. The summed E-state index contributed by atoms with van der Waals surface area (Å²) in [5.41, 5.74) is 0.524. The van der Waals surface area contributed by atoms with E-state index in [4.69, 9.17) is 5.11 Å². The molecule has 0 heterocycles. The Hall–Kier alpha value is -1.58. The van der Waals surface area contributed by atoms with Gasteiger partial charge in [-0.1, -0.05) is 19.3 Å². The summed E-state index contributed by atoms with van der Waals surface area (Å²) >= 11 is 0. The topological polar surface area (TPSA) is 40.5 Å². The lowest BCUT2D eigenvalue weighted by Gasteiger charge is -2.33. The Bertz CT molecular complexity index is 441. The largest absolute Gasteiger partial charge is 0.478 e. The van der Waals surface area contributed by atoms with Crippen LogP contribution in [0.1, 0.15) is 42.5 Å². The summed E-state index contributed by atoms with van der Waals surface area (Å²) < 4.78 is 13.3. The molecule has 1 N–H and O–H groups in total. The van der Waals surface area contributed by atoms with Gasteiger partial charge < -0.3 is 10.0 Å². The van der Waals surface area contributed by atoms with Crippen molar-refractivity contribution in [2.24, 2.45) is 0 Å². The molecule has 98 valence electrons. The number of carbonyl (C=O) groups is 1. The van der Waals surface area contributed by atoms with Gasteiger partial charge in [0.15, 0.2) is 0 Å². The van der Waals surface area contributed by atoms with Crippen molar-refractivity contribution < 1.29 is 14.3 Å². The van der Waals surface area contributed by atoms with Gasteiger partial charge >= 0.3 is 5.97 Å². The number of benzene rings is 1. The molecule has 0 atom stereocenters. The van der Waals surface area contributed by atoms with Crippen LogP contribution in [-0.4, -0.2) is 24.2 Å². The lowest BCUT2D eigenvalue weighted by atomic mass is 9.94. The van der Waals surface area contributed by atoms with E-state index in [0.717, 1.165) is 18.5 Å². The van der Waals surface area contributed by atoms with Crippen molar-refractivity contribution in [3.05, 3.63) is 29.6 Å². The van der Waals surface area contributed by atoms with Gasteiger partial charge in [-0.05, 0) is 31.0 Å². The number of hydrogen-bond donors (Lipinski definition) is 1. The molecule has 1 aliphatic rings. The molecule has 1 aromatic rings. The Labute approximate surface area is 106 Å². The minimum absolute atomic E-state index is 0.254. The molecule has 0 radical (unpaired) electrons. The molecule has 0 amide bonds. The maximum absolute atomic E-state index is 13.3. The van der Waals surface area contributed by atoms with Crippen molar-refractivity contribution >= 4 is 11.7 Å². The first-order chi connectivity index (χ1) is 8.59. The molecule has 0 bridgehead atoms. The predicted molar refractivity (Wildman–Crippen MR) is 68.6 cm³/mol. The molecule has 3 nitrogen and oxygen atoms in total. The molecule has 0 aromatic heterocycles. The molecule has 0 aliphatic heterocycles. The number of nitrogens with zero attached hydrogens (tertiary/aromatic N) is 1. The third kappa shape index (κ3) is 2.63. The summed E-state index contributed by atoms with van der Waals surface area (Å²) in [7, 11) is 1.95. The average Bonchev–Trinajstić information content (AvgIpc) is 2.39. The SMILES string of the molecule is CN(c1ccc(F)c(C(=O)O)c1)C1CCCCC1. The fraction of sp³-hybridized carbons (Fsp3) is 0.500. The van der Waals surface area contributed by atoms with Crippen LogP contribution in [0.15, 0.2) is 18.2 Å². The van der Waals surface area contributed by atoms with Crippen LogP contribution in [0.4, 0.5) is 10.1 Å². The standard InChI is InChI=1S/C14H18FNO2/c1-16(10-5-3-2-4-6-10)11-7-8-13(15)12(9-11)14(17)18/h7-10H,2-6H2,1H3,(H,17,18). The Balaban J connectivity index is 2.21. The van der Waals surface area contributed by atoms with Gasteiger partial charge in [0.2, 0.25) is 0 Å². The van der Waals surface area contributed by atoms with Crippen LogP contribution in [0.25, 0.3) is 0 Å². The van der Waals surface area contributed by atoms with E-state index in [1.807, 2.05) is 7.05 Å². The highest BCUT2D eigenvalue weighted by Crippen LogP contribution is 2.27. The Kier molecular flexibility index (Phi) is 3.84. The fourth-order valence-electron chi connectivity index (χ4n) is 2.58. The first-order valence-corrected chi connectivity index (χ1v) is 6.35. The predicted octanol–water partition coefficient (Wildman–Crippen LogP) is 3.29. The minimum atomic E-state index is -1.22. The van der Waals surface area contributed by atoms with Gasteiger partial charge in [-0.15, -0.1) is 0 Å². The van der Waals surface area contributed by atoms with Crippen LogP contribution in [0.5, 0.6) is 0 Å². The molecular formula is C14H18FNO2. The van der Waals surface area contributed by atoms with Crippen LogP contribution in [-0.2, 0) is 0 Å². The molecule has 1 saturated carbocycles. The van der Waals surface area contributed by atoms with Crippen LogP contribution < -0.4 is 4.90 Å². The quantitative estimate of drug-likeness (QED) is 0.896. The zero-order valence-corrected chi connectivity index (χ0v) is 10.5. The van der Waals surface area contributed by atoms with E-state index in [2.05, 4.69) is 4.90 Å². The molecule has 0 spiro atoms. The van der Waals surface area contributed by atoms with Gasteiger partial charge in [-0.2, -0.15) is 0 Å². The van der Waals surface area contributed by atoms with Crippen molar-refractivity contribution in [1.82, 2.24) is 0 Å². The average molecular weight is 251 g/mol. The summed E-state index contributed by atoms with van der Waals surface area (Å²) in [6.45, 7) is 0. The number of rotatable bonds is 3. The maximum Gasteiger partial charge on any atom is 0.338 e. The molecule has 1 fully saturated rings. The molecule has 0 unspecified atom stereocenters. The monoisotopic (exact) mass is 251 g/mol. The van der Waals surface area contributed by atoms with Gasteiger partial charge in [0.05, 0.1) is 5.56 Å². The van der Waals surface area contributed by atoms with Crippen molar-refractivity contribution in [3.63, 3.8) is 0 Å². The van der Waals surface area contributed by atoms with Crippen molar-refractivity contribution in [2.75, 3.05) is 11.9 Å². The van der Waals surface area contributed by atoms with Crippen molar-refractivity contribution in [2.45, 2.75) is 38.1 Å². The zero-order valence-electron chi connectivity index (χ0n) is 10.5. The summed E-state index contributed by atoms with van der Waals surface area (Å²) in [6.07, 6.45) is 5.94. The zero-order chi connectivity index (χ0) is 13.1. The minimum Gasteiger partial charge on any atom is -0.478 e. The first-order valence-electron chi connectivity index (χ1n) is 6.35. The molecule has 18 heavy (non-hydrogen) atoms. The third-order valence-electron chi connectivity index (χ3n) is 3.71.